The van der Waals surface area contributed by atoms with Gasteiger partial charge in [0, 0.05) is 42.7 Å². The fourth-order valence-corrected chi connectivity index (χ4v) is 8.29. The Morgan fingerprint density at radius 1 is 1.21 bits per heavy atom. The Bertz CT molecular complexity index is 1530. The Balaban J connectivity index is 1.65. The first-order chi connectivity index (χ1) is 19.8. The Morgan fingerprint density at radius 2 is 1.93 bits per heavy atom. The second kappa shape index (κ2) is 11.8. The van der Waals surface area contributed by atoms with Crippen LogP contribution in [0.15, 0.2) is 33.8 Å². The van der Waals surface area contributed by atoms with Gasteiger partial charge in [-0.1, -0.05) is 11.8 Å². The number of carbonyl (C=O) groups is 1. The summed E-state index contributed by atoms with van der Waals surface area (Å²) in [5, 5.41) is 9.87. The highest BCUT2D eigenvalue weighted by molar-refractivity contribution is 9.10. The van der Waals surface area contributed by atoms with Gasteiger partial charge in [0.2, 0.25) is 5.91 Å². The van der Waals surface area contributed by atoms with Gasteiger partial charge in [-0.25, -0.2) is 0 Å². The smallest absolute Gasteiger partial charge is 0.367 e. The maximum atomic E-state index is 14.6. The second-order valence-electron chi connectivity index (χ2n) is 11.4. The number of H-pyrrole nitrogens is 1. The molecule has 1 saturated heterocycles. The van der Waals surface area contributed by atoms with Crippen molar-refractivity contribution < 1.29 is 18.0 Å². The number of aromatic nitrogens is 3. The van der Waals surface area contributed by atoms with Crippen LogP contribution >= 0.6 is 27.7 Å². The molecule has 0 bridgehead atoms. The number of thioether (sulfide) groups is 1. The molecule has 228 valence electrons. The summed E-state index contributed by atoms with van der Waals surface area (Å²) in [6, 6.07) is 3.20. The number of carbonyl (C=O) groups excluding carboxylic acids is 1. The number of anilines is 1. The van der Waals surface area contributed by atoms with Crippen molar-refractivity contribution in [1.29, 1.82) is 0 Å². The van der Waals surface area contributed by atoms with Crippen LogP contribution in [0.3, 0.4) is 0 Å². The first-order valence-corrected chi connectivity index (χ1v) is 15.7. The van der Waals surface area contributed by atoms with Crippen LogP contribution in [0.25, 0.3) is 4.91 Å². The summed E-state index contributed by atoms with van der Waals surface area (Å²) in [5.41, 5.74) is 1.55. The first-order valence-electron chi connectivity index (χ1n) is 14.1. The molecule has 13 heteroatoms. The molecule has 0 radical (unpaired) electrons. The van der Waals surface area contributed by atoms with E-state index in [4.69, 9.17) is 0 Å². The highest BCUT2D eigenvalue weighted by Gasteiger charge is 2.41. The normalized spacial score (nSPS) is 19.9. The zero-order valence-electron chi connectivity index (χ0n) is 24.1. The standard InChI is InChI=1S/C29H36BrF3N6O2S/c1-17-14-19(29(31,32)33)7-8-20(17)35-23(40)16-39-26(30)25(22-15-37(3)18(2)42-22)38(4)36-21-6-5-9-28(24(21)27(39)41)10-12-34-13-11-28/h7-8,14-15,18,34,36H,5-6,9-13,16H2,1-4H3,(H,35,40). The SMILES string of the molecule is Cc1cc(C(F)(F)F)ccc1NC(=O)Cn1c(Br)c(C2=CN(C)C(C)S2)n(C)[nH]c2c(c1=O)C1(CCC2)CCNCC1. The molecular formula is C29H36BrF3N6O2S. The van der Waals surface area contributed by atoms with E-state index < -0.39 is 17.6 Å². The number of nitrogens with zero attached hydrogens (tertiary/aromatic N) is 3. The van der Waals surface area contributed by atoms with Crippen LogP contribution < -0.4 is 16.2 Å². The van der Waals surface area contributed by atoms with E-state index in [1.54, 1.807) is 11.8 Å². The second-order valence-corrected chi connectivity index (χ2v) is 13.5. The van der Waals surface area contributed by atoms with Gasteiger partial charge >= 0.3 is 6.18 Å². The topological polar surface area (TPSA) is 87.1 Å². The third kappa shape index (κ3) is 5.92. The van der Waals surface area contributed by atoms with E-state index in [0.29, 0.717) is 4.60 Å². The first kappa shape index (κ1) is 30.8. The van der Waals surface area contributed by atoms with Crippen molar-refractivity contribution in [1.82, 2.24) is 24.6 Å². The zero-order valence-corrected chi connectivity index (χ0v) is 26.5. The Labute approximate surface area is 255 Å². The quantitative estimate of drug-likeness (QED) is 0.392. The number of fused-ring (bicyclic) bond motifs is 2. The minimum absolute atomic E-state index is 0.184. The molecular weight excluding hydrogens is 633 g/mol. The van der Waals surface area contributed by atoms with Gasteiger partial charge in [0.25, 0.3) is 5.56 Å². The number of halogens is 4. The van der Waals surface area contributed by atoms with Crippen LogP contribution in [0.4, 0.5) is 18.9 Å². The van der Waals surface area contributed by atoms with Crippen LogP contribution in [-0.4, -0.2) is 50.7 Å². The largest absolute Gasteiger partial charge is 0.416 e. The summed E-state index contributed by atoms with van der Waals surface area (Å²) < 4.78 is 43.4. The van der Waals surface area contributed by atoms with E-state index in [1.165, 1.54) is 17.6 Å². The molecule has 3 aliphatic rings. The Hall–Kier alpha value is -2.64. The third-order valence-electron chi connectivity index (χ3n) is 8.56. The molecule has 1 aromatic heterocycles. The summed E-state index contributed by atoms with van der Waals surface area (Å²) in [6.07, 6.45) is 1.76. The number of hydrogen-bond donors (Lipinski definition) is 3. The van der Waals surface area contributed by atoms with Gasteiger partial charge < -0.3 is 20.6 Å². The molecule has 1 fully saturated rings. The number of nitrogens with one attached hydrogen (secondary N) is 3. The molecule has 3 N–H and O–H groups in total. The lowest BCUT2D eigenvalue weighted by Crippen LogP contribution is -2.47. The van der Waals surface area contributed by atoms with Crippen molar-refractivity contribution in [2.24, 2.45) is 7.05 Å². The van der Waals surface area contributed by atoms with E-state index >= 15 is 0 Å². The summed E-state index contributed by atoms with van der Waals surface area (Å²) in [7, 11) is 3.90. The van der Waals surface area contributed by atoms with Crippen molar-refractivity contribution in [2.45, 2.75) is 69.5 Å². The summed E-state index contributed by atoms with van der Waals surface area (Å²) in [4.78, 5) is 31.1. The molecule has 8 nitrogen and oxygen atoms in total. The zero-order chi connectivity index (χ0) is 30.4. The van der Waals surface area contributed by atoms with Crippen molar-refractivity contribution in [3.8, 4) is 0 Å². The number of aromatic amines is 1. The molecule has 0 saturated carbocycles. The number of rotatable bonds is 4. The van der Waals surface area contributed by atoms with Gasteiger partial charge in [0.05, 0.1) is 15.8 Å². The molecule has 1 amide bonds. The Morgan fingerprint density at radius 3 is 2.55 bits per heavy atom. The summed E-state index contributed by atoms with van der Waals surface area (Å²) in [6.45, 7) is 4.91. The van der Waals surface area contributed by atoms with Crippen LogP contribution in [0.2, 0.25) is 0 Å². The van der Waals surface area contributed by atoms with Gasteiger partial charge in [0.15, 0.2) is 0 Å². The van der Waals surface area contributed by atoms with Gasteiger partial charge in [-0.3, -0.25) is 18.8 Å². The van der Waals surface area contributed by atoms with Crippen molar-refractivity contribution in [3.63, 3.8) is 0 Å². The highest BCUT2D eigenvalue weighted by atomic mass is 79.9. The van der Waals surface area contributed by atoms with Crippen molar-refractivity contribution >= 4 is 44.2 Å². The lowest BCUT2D eigenvalue weighted by atomic mass is 9.66. The molecule has 1 aromatic carbocycles. The van der Waals surface area contributed by atoms with E-state index in [1.807, 2.05) is 25.0 Å². The van der Waals surface area contributed by atoms with E-state index in [2.05, 4.69) is 43.5 Å². The van der Waals surface area contributed by atoms with E-state index in [-0.39, 0.29) is 34.1 Å². The lowest BCUT2D eigenvalue weighted by Gasteiger charge is -2.41. The molecule has 1 spiro atoms. The monoisotopic (exact) mass is 668 g/mol. The number of benzene rings is 1. The van der Waals surface area contributed by atoms with E-state index in [9.17, 15) is 22.8 Å². The highest BCUT2D eigenvalue weighted by Crippen LogP contribution is 2.43. The average molecular weight is 670 g/mol. The van der Waals surface area contributed by atoms with E-state index in [0.717, 1.165) is 79.2 Å². The molecule has 1 unspecified atom stereocenters. The summed E-state index contributed by atoms with van der Waals surface area (Å²) in [5.74, 6) is -0.505. The fourth-order valence-electron chi connectivity index (χ4n) is 6.22. The van der Waals surface area contributed by atoms with Gasteiger partial charge in [-0.05, 0) is 98.7 Å². The van der Waals surface area contributed by atoms with Gasteiger partial charge in [0.1, 0.15) is 16.8 Å². The fraction of sp³-hybridized carbons (Fsp3) is 0.517. The number of alkyl halides is 3. The lowest BCUT2D eigenvalue weighted by molar-refractivity contribution is -0.137. The third-order valence-corrected chi connectivity index (χ3v) is 10.6. The molecule has 3 heterocycles. The average Bonchev–Trinajstić information content (AvgIpc) is 3.24. The maximum Gasteiger partial charge on any atom is 0.416 e. The minimum atomic E-state index is -4.48. The van der Waals surface area contributed by atoms with Crippen molar-refractivity contribution in [2.75, 3.05) is 25.5 Å². The predicted octanol–water partition coefficient (Wildman–Crippen LogP) is 5.65. The van der Waals surface area contributed by atoms with Gasteiger partial charge in [-0.2, -0.15) is 13.2 Å². The molecule has 42 heavy (non-hydrogen) atoms. The number of aryl methyl sites for hydroxylation is 3. The molecule has 1 atom stereocenters. The van der Waals surface area contributed by atoms with Crippen LogP contribution in [0.5, 0.6) is 0 Å². The molecule has 1 aliphatic carbocycles. The summed E-state index contributed by atoms with van der Waals surface area (Å²) >= 11 is 5.36. The molecule has 2 aromatic rings. The minimum Gasteiger partial charge on any atom is -0.367 e. The Kier molecular flexibility index (Phi) is 8.66. The van der Waals surface area contributed by atoms with Crippen LogP contribution in [-0.2, 0) is 36.4 Å². The molecule has 5 rings (SSSR count). The number of piperidine rings is 1. The number of amides is 1. The van der Waals surface area contributed by atoms with Crippen molar-refractivity contribution in [3.05, 3.63) is 67.4 Å². The molecule has 2 aliphatic heterocycles. The van der Waals surface area contributed by atoms with Gasteiger partial charge in [-0.15, -0.1) is 0 Å². The maximum absolute atomic E-state index is 14.6. The predicted molar refractivity (Wildman–Crippen MR) is 164 cm³/mol. The van der Waals surface area contributed by atoms with Crippen LogP contribution in [0, 0.1) is 6.92 Å². The van der Waals surface area contributed by atoms with Crippen LogP contribution in [0.1, 0.15) is 60.7 Å². The number of hydrogen-bond acceptors (Lipinski definition) is 5.